The van der Waals surface area contributed by atoms with Gasteiger partial charge in [0.1, 0.15) is 0 Å². The lowest BCUT2D eigenvalue weighted by molar-refractivity contribution is 0.171. The second-order valence-corrected chi connectivity index (χ2v) is 3.54. The van der Waals surface area contributed by atoms with E-state index in [1.807, 2.05) is 13.8 Å². The van der Waals surface area contributed by atoms with E-state index in [1.54, 1.807) is 12.5 Å². The second-order valence-electron chi connectivity index (χ2n) is 3.32. The van der Waals surface area contributed by atoms with Gasteiger partial charge in [0.05, 0.1) is 6.10 Å². The van der Waals surface area contributed by atoms with Crippen LogP contribution in [0.1, 0.15) is 27.2 Å². The molecule has 0 saturated carbocycles. The Morgan fingerprint density at radius 1 is 1.58 bits per heavy atom. The molecular weight excluding hydrogens is 174 g/mol. The molecule has 3 heteroatoms. The van der Waals surface area contributed by atoms with Crippen LogP contribution in [-0.4, -0.2) is 23.8 Å². The van der Waals surface area contributed by atoms with Crippen LogP contribution in [0.15, 0.2) is 11.1 Å². The summed E-state index contributed by atoms with van der Waals surface area (Å²) in [6, 6.07) is 0.330. The van der Waals surface area contributed by atoms with Gasteiger partial charge >= 0.3 is 0 Å². The fraction of sp³-hybridized carbons (Fsp3) is 0.778. The van der Waals surface area contributed by atoms with Crippen molar-refractivity contribution in [1.29, 1.82) is 0 Å². The third-order valence-electron chi connectivity index (χ3n) is 1.61. The van der Waals surface area contributed by atoms with Crippen molar-refractivity contribution in [3.05, 3.63) is 11.1 Å². The predicted molar refractivity (Wildman–Crippen MR) is 53.4 cm³/mol. The summed E-state index contributed by atoms with van der Waals surface area (Å²) in [7, 11) is 0. The van der Waals surface area contributed by atoms with Gasteiger partial charge in [0.2, 0.25) is 0 Å². The summed E-state index contributed by atoms with van der Waals surface area (Å²) in [5.74, 6) is 0. The molecule has 0 aromatic carbocycles. The predicted octanol–water partition coefficient (Wildman–Crippen LogP) is 1.88. The molecule has 0 aliphatic rings. The third kappa shape index (κ3) is 6.65. The van der Waals surface area contributed by atoms with E-state index >= 15 is 0 Å². The van der Waals surface area contributed by atoms with Gasteiger partial charge in [-0.25, -0.2) is 0 Å². The van der Waals surface area contributed by atoms with E-state index in [9.17, 15) is 0 Å². The van der Waals surface area contributed by atoms with Crippen molar-refractivity contribution in [2.45, 2.75) is 39.3 Å². The molecule has 0 heterocycles. The normalized spacial score (nSPS) is 17.6. The summed E-state index contributed by atoms with van der Waals surface area (Å²) in [4.78, 5) is 0. The Morgan fingerprint density at radius 3 is 2.58 bits per heavy atom. The van der Waals surface area contributed by atoms with Crippen molar-refractivity contribution in [2.24, 2.45) is 0 Å². The number of rotatable bonds is 5. The molecule has 0 rings (SSSR count). The molecule has 0 bridgehead atoms. The summed E-state index contributed by atoms with van der Waals surface area (Å²) < 4.78 is 0. The molecule has 0 amide bonds. The highest BCUT2D eigenvalue weighted by atomic mass is 35.5. The van der Waals surface area contributed by atoms with Gasteiger partial charge in [0.15, 0.2) is 0 Å². The van der Waals surface area contributed by atoms with Crippen molar-refractivity contribution in [2.75, 3.05) is 6.54 Å². The second kappa shape index (κ2) is 6.46. The van der Waals surface area contributed by atoms with Gasteiger partial charge in [0.25, 0.3) is 0 Å². The van der Waals surface area contributed by atoms with E-state index < -0.39 is 0 Å². The molecular formula is C9H18ClNO. The van der Waals surface area contributed by atoms with Crippen LogP contribution in [0.2, 0.25) is 0 Å². The Kier molecular flexibility index (Phi) is 6.44. The standard InChI is InChI=1S/C9H18ClNO/c1-7(5-10)6-11-8(2)4-9(3)12/h5,8-9,11-12H,4,6H2,1-3H3. The van der Waals surface area contributed by atoms with Crippen LogP contribution in [0, 0.1) is 0 Å². The topological polar surface area (TPSA) is 32.3 Å². The highest BCUT2D eigenvalue weighted by molar-refractivity contribution is 6.25. The zero-order valence-electron chi connectivity index (χ0n) is 7.97. The van der Waals surface area contributed by atoms with E-state index in [1.165, 1.54) is 0 Å². The Labute approximate surface area is 79.6 Å². The molecule has 0 fully saturated rings. The van der Waals surface area contributed by atoms with Crippen molar-refractivity contribution in [3.8, 4) is 0 Å². The van der Waals surface area contributed by atoms with Crippen molar-refractivity contribution < 1.29 is 5.11 Å². The lowest BCUT2D eigenvalue weighted by Crippen LogP contribution is -2.30. The van der Waals surface area contributed by atoms with Gasteiger partial charge in [-0.05, 0) is 32.8 Å². The molecule has 0 aromatic heterocycles. The molecule has 0 aromatic rings. The minimum Gasteiger partial charge on any atom is -0.393 e. The first-order valence-electron chi connectivity index (χ1n) is 4.23. The molecule has 0 aliphatic carbocycles. The van der Waals surface area contributed by atoms with E-state index in [2.05, 4.69) is 5.32 Å². The van der Waals surface area contributed by atoms with Gasteiger partial charge in [-0.1, -0.05) is 11.6 Å². The molecule has 12 heavy (non-hydrogen) atoms. The van der Waals surface area contributed by atoms with Crippen LogP contribution in [0.3, 0.4) is 0 Å². The minimum absolute atomic E-state index is 0.243. The fourth-order valence-electron chi connectivity index (χ4n) is 0.969. The first kappa shape index (κ1) is 11.9. The van der Waals surface area contributed by atoms with Crippen LogP contribution in [0.4, 0.5) is 0 Å². The summed E-state index contributed by atoms with van der Waals surface area (Å²) in [6.45, 7) is 6.60. The minimum atomic E-state index is -0.243. The van der Waals surface area contributed by atoms with Crippen LogP contribution in [-0.2, 0) is 0 Å². The quantitative estimate of drug-likeness (QED) is 0.696. The van der Waals surface area contributed by atoms with Crippen molar-refractivity contribution >= 4 is 11.6 Å². The average molecular weight is 192 g/mol. The van der Waals surface area contributed by atoms with Gasteiger partial charge in [0, 0.05) is 18.1 Å². The number of aliphatic hydroxyl groups excluding tert-OH is 1. The summed E-state index contributed by atoms with van der Waals surface area (Å²) in [5.41, 5.74) is 2.68. The van der Waals surface area contributed by atoms with E-state index in [0.717, 1.165) is 18.5 Å². The van der Waals surface area contributed by atoms with Crippen LogP contribution >= 0.6 is 11.6 Å². The lowest BCUT2D eigenvalue weighted by atomic mass is 10.1. The Bertz CT molecular complexity index is 145. The smallest absolute Gasteiger partial charge is 0.0526 e. The fourth-order valence-corrected chi connectivity index (χ4v) is 1.05. The SMILES string of the molecule is CC(=CCl)CNC(C)CC(C)O. The largest absolute Gasteiger partial charge is 0.393 e. The average Bonchev–Trinajstić information content (AvgIpc) is 1.99. The number of halogens is 1. The summed E-state index contributed by atoms with van der Waals surface area (Å²) in [6.07, 6.45) is 0.531. The maximum atomic E-state index is 9.06. The van der Waals surface area contributed by atoms with Crippen molar-refractivity contribution in [3.63, 3.8) is 0 Å². The van der Waals surface area contributed by atoms with Crippen LogP contribution in [0.5, 0.6) is 0 Å². The Morgan fingerprint density at radius 2 is 2.17 bits per heavy atom. The molecule has 2 atom stereocenters. The van der Waals surface area contributed by atoms with Gasteiger partial charge in [-0.15, -0.1) is 0 Å². The first-order chi connectivity index (χ1) is 5.56. The molecule has 0 spiro atoms. The summed E-state index contributed by atoms with van der Waals surface area (Å²) >= 11 is 5.49. The van der Waals surface area contributed by atoms with E-state index in [0.29, 0.717) is 6.04 Å². The number of hydrogen-bond acceptors (Lipinski definition) is 2. The Balaban J connectivity index is 3.50. The number of nitrogens with one attached hydrogen (secondary N) is 1. The Hall–Kier alpha value is -0.0500. The number of hydrogen-bond donors (Lipinski definition) is 2. The maximum Gasteiger partial charge on any atom is 0.0526 e. The van der Waals surface area contributed by atoms with E-state index in [4.69, 9.17) is 16.7 Å². The zero-order chi connectivity index (χ0) is 9.56. The van der Waals surface area contributed by atoms with Gasteiger partial charge in [-0.3, -0.25) is 0 Å². The molecule has 2 unspecified atom stereocenters. The number of aliphatic hydroxyl groups is 1. The molecule has 0 saturated heterocycles. The molecule has 72 valence electrons. The monoisotopic (exact) mass is 191 g/mol. The molecule has 2 nitrogen and oxygen atoms in total. The highest BCUT2D eigenvalue weighted by Gasteiger charge is 2.04. The van der Waals surface area contributed by atoms with Crippen LogP contribution < -0.4 is 5.32 Å². The van der Waals surface area contributed by atoms with Crippen LogP contribution in [0.25, 0.3) is 0 Å². The molecule has 0 aliphatic heterocycles. The van der Waals surface area contributed by atoms with Gasteiger partial charge in [-0.2, -0.15) is 0 Å². The summed E-state index contributed by atoms with van der Waals surface area (Å²) in [5, 5.41) is 12.3. The molecule has 0 radical (unpaired) electrons. The lowest BCUT2D eigenvalue weighted by Gasteiger charge is -2.15. The maximum absolute atomic E-state index is 9.06. The third-order valence-corrected chi connectivity index (χ3v) is 1.98. The van der Waals surface area contributed by atoms with E-state index in [-0.39, 0.29) is 6.10 Å². The first-order valence-corrected chi connectivity index (χ1v) is 4.67. The molecule has 2 N–H and O–H groups in total. The highest BCUT2D eigenvalue weighted by Crippen LogP contribution is 1.98. The zero-order valence-corrected chi connectivity index (χ0v) is 8.73. The van der Waals surface area contributed by atoms with Crippen molar-refractivity contribution in [1.82, 2.24) is 5.32 Å². The van der Waals surface area contributed by atoms with Gasteiger partial charge < -0.3 is 10.4 Å².